The summed E-state index contributed by atoms with van der Waals surface area (Å²) >= 11 is 0. The van der Waals surface area contributed by atoms with Crippen molar-refractivity contribution in [3.8, 4) is 11.6 Å². The second kappa shape index (κ2) is 9.57. The van der Waals surface area contributed by atoms with Crippen LogP contribution in [0.3, 0.4) is 0 Å². The van der Waals surface area contributed by atoms with E-state index in [1.165, 1.54) is 24.4 Å². The van der Waals surface area contributed by atoms with E-state index in [0.29, 0.717) is 0 Å². The van der Waals surface area contributed by atoms with Gasteiger partial charge in [0.15, 0.2) is 0 Å². The van der Waals surface area contributed by atoms with Crippen LogP contribution in [0.5, 0.6) is 11.6 Å². The van der Waals surface area contributed by atoms with Crippen LogP contribution in [0.2, 0.25) is 0 Å². The molecule has 3 aromatic rings. The average molecular weight is 444 g/mol. The van der Waals surface area contributed by atoms with Crippen LogP contribution >= 0.6 is 0 Å². The maximum Gasteiger partial charge on any atom is 0.261 e. The molecular weight excluding hydrogens is 421 g/mol. The summed E-state index contributed by atoms with van der Waals surface area (Å²) in [5, 5.41) is 2.86. The summed E-state index contributed by atoms with van der Waals surface area (Å²) in [7, 11) is -3.91. The summed E-state index contributed by atoms with van der Waals surface area (Å²) in [5.74, 6) is -0.457. The Hall–Kier alpha value is -3.46. The van der Waals surface area contributed by atoms with Gasteiger partial charge in [-0.25, -0.2) is 17.8 Å². The van der Waals surface area contributed by atoms with Crippen molar-refractivity contribution in [1.29, 1.82) is 0 Å². The number of amides is 1. The zero-order valence-corrected chi connectivity index (χ0v) is 17.8. The van der Waals surface area contributed by atoms with Gasteiger partial charge in [-0.1, -0.05) is 13.0 Å². The second-order valence-corrected chi connectivity index (χ2v) is 8.51. The minimum Gasteiger partial charge on any atom is -0.438 e. The molecule has 0 aliphatic carbocycles. The first-order valence-electron chi connectivity index (χ1n) is 9.60. The molecule has 1 atom stereocenters. The van der Waals surface area contributed by atoms with Crippen LogP contribution in [0.25, 0.3) is 0 Å². The van der Waals surface area contributed by atoms with E-state index in [2.05, 4.69) is 15.0 Å². The van der Waals surface area contributed by atoms with Gasteiger partial charge in [0.2, 0.25) is 5.88 Å². The molecule has 2 N–H and O–H groups in total. The number of anilines is 1. The molecule has 1 amide bonds. The molecule has 9 heteroatoms. The van der Waals surface area contributed by atoms with Crippen LogP contribution in [0.15, 0.2) is 71.8 Å². The zero-order valence-electron chi connectivity index (χ0n) is 17.0. The molecule has 2 aromatic carbocycles. The quantitative estimate of drug-likeness (QED) is 0.540. The molecule has 162 valence electrons. The molecule has 1 heterocycles. The number of benzene rings is 2. The largest absolute Gasteiger partial charge is 0.438 e. The highest BCUT2D eigenvalue weighted by atomic mass is 32.2. The summed E-state index contributed by atoms with van der Waals surface area (Å²) in [5.41, 5.74) is 0.503. The van der Waals surface area contributed by atoms with E-state index in [1.54, 1.807) is 30.3 Å². The zero-order chi connectivity index (χ0) is 22.4. The van der Waals surface area contributed by atoms with Gasteiger partial charge in [0, 0.05) is 18.3 Å². The number of nitrogens with one attached hydrogen (secondary N) is 2. The van der Waals surface area contributed by atoms with E-state index in [1.807, 2.05) is 13.8 Å². The minimum atomic E-state index is -3.91. The van der Waals surface area contributed by atoms with Crippen molar-refractivity contribution in [2.24, 2.45) is 0 Å². The molecule has 0 unspecified atom stereocenters. The molecule has 3 rings (SSSR count). The number of ether oxygens (including phenoxy) is 1. The first-order chi connectivity index (χ1) is 14.8. The first-order valence-corrected chi connectivity index (χ1v) is 11.1. The molecule has 0 saturated carbocycles. The molecule has 0 fully saturated rings. The van der Waals surface area contributed by atoms with Crippen LogP contribution in [0.4, 0.5) is 10.1 Å². The van der Waals surface area contributed by atoms with Crippen LogP contribution in [-0.4, -0.2) is 25.4 Å². The van der Waals surface area contributed by atoms with Gasteiger partial charge in [-0.15, -0.1) is 0 Å². The van der Waals surface area contributed by atoms with E-state index in [-0.39, 0.29) is 39.7 Å². The maximum absolute atomic E-state index is 13.1. The smallest absolute Gasteiger partial charge is 0.261 e. The summed E-state index contributed by atoms with van der Waals surface area (Å²) in [6.07, 6.45) is 2.27. The molecule has 1 aromatic heterocycles. The molecule has 0 spiro atoms. The molecular formula is C22H22FN3O4S. The molecule has 31 heavy (non-hydrogen) atoms. The van der Waals surface area contributed by atoms with Crippen molar-refractivity contribution in [2.75, 3.05) is 4.72 Å². The van der Waals surface area contributed by atoms with Crippen molar-refractivity contribution in [3.05, 3.63) is 78.2 Å². The number of carbonyl (C=O) groups excluding carboxylic acids is 1. The Kier molecular flexibility index (Phi) is 6.86. The highest BCUT2D eigenvalue weighted by Crippen LogP contribution is 2.26. The van der Waals surface area contributed by atoms with Crippen molar-refractivity contribution in [2.45, 2.75) is 31.2 Å². The lowest BCUT2D eigenvalue weighted by atomic mass is 10.2. The summed E-state index contributed by atoms with van der Waals surface area (Å²) in [6.45, 7) is 3.86. The minimum absolute atomic E-state index is 0.00949. The lowest BCUT2D eigenvalue weighted by Gasteiger charge is -2.14. The Morgan fingerprint density at radius 2 is 1.87 bits per heavy atom. The van der Waals surface area contributed by atoms with E-state index in [9.17, 15) is 17.6 Å². The molecule has 0 aliphatic rings. The van der Waals surface area contributed by atoms with Gasteiger partial charge < -0.3 is 10.1 Å². The molecule has 0 aliphatic heterocycles. The van der Waals surface area contributed by atoms with Gasteiger partial charge in [-0.2, -0.15) is 0 Å². The van der Waals surface area contributed by atoms with Gasteiger partial charge in [-0.3, -0.25) is 9.52 Å². The Morgan fingerprint density at radius 3 is 2.58 bits per heavy atom. The number of hydrogen-bond acceptors (Lipinski definition) is 5. The van der Waals surface area contributed by atoms with Gasteiger partial charge in [-0.05, 0) is 61.9 Å². The molecule has 0 radical (unpaired) electrons. The van der Waals surface area contributed by atoms with Crippen LogP contribution < -0.4 is 14.8 Å². The summed E-state index contributed by atoms with van der Waals surface area (Å²) in [4.78, 5) is 16.6. The first kappa shape index (κ1) is 22.2. The van der Waals surface area contributed by atoms with Crippen LogP contribution in [0.1, 0.15) is 30.6 Å². The van der Waals surface area contributed by atoms with Crippen molar-refractivity contribution in [1.82, 2.24) is 10.3 Å². The van der Waals surface area contributed by atoms with Crippen LogP contribution in [-0.2, 0) is 10.0 Å². The normalized spacial score (nSPS) is 12.1. The summed E-state index contributed by atoms with van der Waals surface area (Å²) in [6, 6.07) is 13.9. The third-order valence-corrected chi connectivity index (χ3v) is 5.83. The Morgan fingerprint density at radius 1 is 1.13 bits per heavy atom. The van der Waals surface area contributed by atoms with Gasteiger partial charge in [0.1, 0.15) is 17.1 Å². The van der Waals surface area contributed by atoms with Crippen molar-refractivity contribution in [3.63, 3.8) is 0 Å². The number of halogens is 1. The highest BCUT2D eigenvalue weighted by molar-refractivity contribution is 7.92. The van der Waals surface area contributed by atoms with Crippen molar-refractivity contribution >= 4 is 21.6 Å². The standard InChI is InChI=1S/C22H22FN3O4S/c1-3-15(2)25-21(27)20-8-5-13-24-22(20)30-18-7-4-6-17(14-18)26-31(28,29)19-11-9-16(23)10-12-19/h4-15,26H,3H2,1-2H3,(H,25,27)/t15-/m0/s1. The topological polar surface area (TPSA) is 97.4 Å². The number of carbonyl (C=O) groups is 1. The number of hydrogen-bond donors (Lipinski definition) is 2. The van der Waals surface area contributed by atoms with Gasteiger partial charge in [0.25, 0.3) is 15.9 Å². The Balaban J connectivity index is 1.80. The van der Waals surface area contributed by atoms with Crippen LogP contribution in [0, 0.1) is 5.82 Å². The Labute approximate surface area is 180 Å². The van der Waals surface area contributed by atoms with E-state index in [4.69, 9.17) is 4.74 Å². The van der Waals surface area contributed by atoms with Gasteiger partial charge in [0.05, 0.1) is 10.6 Å². The highest BCUT2D eigenvalue weighted by Gasteiger charge is 2.17. The number of aromatic nitrogens is 1. The predicted molar refractivity (Wildman–Crippen MR) is 115 cm³/mol. The number of rotatable bonds is 8. The lowest BCUT2D eigenvalue weighted by molar-refractivity contribution is 0.0936. The fraction of sp³-hybridized carbons (Fsp3) is 0.182. The predicted octanol–water partition coefficient (Wildman–Crippen LogP) is 4.34. The monoisotopic (exact) mass is 443 g/mol. The maximum atomic E-state index is 13.1. The Bertz CT molecular complexity index is 1170. The third-order valence-electron chi connectivity index (χ3n) is 4.43. The second-order valence-electron chi connectivity index (χ2n) is 6.83. The third kappa shape index (κ3) is 5.79. The van der Waals surface area contributed by atoms with E-state index in [0.717, 1.165) is 18.6 Å². The average Bonchev–Trinajstić information content (AvgIpc) is 2.74. The molecule has 7 nitrogen and oxygen atoms in total. The van der Waals surface area contributed by atoms with E-state index >= 15 is 0 Å². The molecule has 0 bridgehead atoms. The van der Waals surface area contributed by atoms with Crippen molar-refractivity contribution < 1.29 is 22.3 Å². The fourth-order valence-corrected chi connectivity index (χ4v) is 3.66. The number of sulfonamides is 1. The lowest BCUT2D eigenvalue weighted by Crippen LogP contribution is -2.32. The SMILES string of the molecule is CC[C@H](C)NC(=O)c1cccnc1Oc1cccc(NS(=O)(=O)c2ccc(F)cc2)c1. The number of nitrogens with zero attached hydrogens (tertiary/aromatic N) is 1. The fourth-order valence-electron chi connectivity index (χ4n) is 2.61. The molecule has 0 saturated heterocycles. The summed E-state index contributed by atoms with van der Waals surface area (Å²) < 4.78 is 46.3. The van der Waals surface area contributed by atoms with E-state index < -0.39 is 15.8 Å². The van der Waals surface area contributed by atoms with Gasteiger partial charge >= 0.3 is 0 Å². The number of pyridine rings is 1.